The van der Waals surface area contributed by atoms with E-state index in [-0.39, 0.29) is 5.56 Å². The van der Waals surface area contributed by atoms with Gasteiger partial charge in [-0.1, -0.05) is 13.8 Å². The summed E-state index contributed by atoms with van der Waals surface area (Å²) in [4.78, 5) is 19.2. The smallest absolute Gasteiger partial charge is 0.263 e. The van der Waals surface area contributed by atoms with Gasteiger partial charge < -0.3 is 4.98 Å². The van der Waals surface area contributed by atoms with E-state index in [9.17, 15) is 4.79 Å². The second-order valence-corrected chi connectivity index (χ2v) is 4.53. The Morgan fingerprint density at radius 3 is 3.00 bits per heavy atom. The van der Waals surface area contributed by atoms with E-state index in [0.29, 0.717) is 28.3 Å². The number of pyridine rings is 1. The molecule has 0 bridgehead atoms. The van der Waals surface area contributed by atoms with E-state index >= 15 is 0 Å². The Kier molecular flexibility index (Phi) is 2.87. The number of aromatic nitrogens is 3. The molecule has 84 valence electrons. The van der Waals surface area contributed by atoms with Gasteiger partial charge in [0.15, 0.2) is 4.77 Å². The van der Waals surface area contributed by atoms with Crippen molar-refractivity contribution in [2.45, 2.75) is 20.4 Å². The summed E-state index contributed by atoms with van der Waals surface area (Å²) in [6.07, 6.45) is 1.64. The first-order valence-corrected chi connectivity index (χ1v) is 5.58. The second-order valence-electron chi connectivity index (χ2n) is 4.14. The van der Waals surface area contributed by atoms with Crippen LogP contribution in [0.15, 0.2) is 23.1 Å². The lowest BCUT2D eigenvalue weighted by Crippen LogP contribution is -2.24. The summed E-state index contributed by atoms with van der Waals surface area (Å²) < 4.78 is 2.02. The van der Waals surface area contributed by atoms with Crippen molar-refractivity contribution in [3.05, 3.63) is 33.5 Å². The molecule has 0 atom stereocenters. The fraction of sp³-hybridized carbons (Fsp3) is 0.364. The van der Waals surface area contributed by atoms with Crippen LogP contribution in [0.2, 0.25) is 0 Å². The molecule has 2 aromatic rings. The zero-order chi connectivity index (χ0) is 11.7. The lowest BCUT2D eigenvalue weighted by molar-refractivity contribution is 0.503. The van der Waals surface area contributed by atoms with E-state index < -0.39 is 0 Å². The molecule has 0 amide bonds. The SMILES string of the molecule is CC(C)Cn1c(=S)[nH]c2ncccc2c1=O. The summed E-state index contributed by atoms with van der Waals surface area (Å²) in [5.74, 6) is 0.377. The molecule has 4 nitrogen and oxygen atoms in total. The Morgan fingerprint density at radius 2 is 2.31 bits per heavy atom. The summed E-state index contributed by atoms with van der Waals surface area (Å²) in [6, 6.07) is 3.51. The fourth-order valence-corrected chi connectivity index (χ4v) is 1.87. The Bertz CT molecular complexity index is 627. The number of rotatable bonds is 2. The average molecular weight is 235 g/mol. The molecular weight excluding hydrogens is 222 g/mol. The lowest BCUT2D eigenvalue weighted by Gasteiger charge is -2.09. The molecule has 0 saturated heterocycles. The molecule has 2 rings (SSSR count). The largest absolute Gasteiger partial charge is 0.316 e. The molecule has 0 aliphatic rings. The van der Waals surface area contributed by atoms with Gasteiger partial charge in [-0.05, 0) is 30.3 Å². The van der Waals surface area contributed by atoms with Crippen LogP contribution in [0.5, 0.6) is 0 Å². The molecule has 16 heavy (non-hydrogen) atoms. The lowest BCUT2D eigenvalue weighted by atomic mass is 10.2. The van der Waals surface area contributed by atoms with Crippen LogP contribution in [-0.2, 0) is 6.54 Å². The molecule has 0 fully saturated rings. The molecule has 2 heterocycles. The van der Waals surface area contributed by atoms with E-state index in [2.05, 4.69) is 23.8 Å². The van der Waals surface area contributed by atoms with Gasteiger partial charge in [-0.2, -0.15) is 0 Å². The van der Waals surface area contributed by atoms with Gasteiger partial charge in [0.1, 0.15) is 5.65 Å². The van der Waals surface area contributed by atoms with Crippen molar-refractivity contribution >= 4 is 23.3 Å². The third-order valence-electron chi connectivity index (χ3n) is 2.30. The summed E-state index contributed by atoms with van der Waals surface area (Å²) in [6.45, 7) is 4.72. The van der Waals surface area contributed by atoms with Crippen molar-refractivity contribution < 1.29 is 0 Å². The van der Waals surface area contributed by atoms with Crippen molar-refractivity contribution in [3.8, 4) is 0 Å². The van der Waals surface area contributed by atoms with Gasteiger partial charge in [0.05, 0.1) is 5.39 Å². The molecule has 0 unspecified atom stereocenters. The van der Waals surface area contributed by atoms with Gasteiger partial charge in [0, 0.05) is 12.7 Å². The maximum absolute atomic E-state index is 12.1. The van der Waals surface area contributed by atoms with Crippen molar-refractivity contribution in [1.82, 2.24) is 14.5 Å². The molecule has 0 spiro atoms. The third kappa shape index (κ3) is 1.90. The summed E-state index contributed by atoms with van der Waals surface area (Å²) in [7, 11) is 0. The molecule has 0 aromatic carbocycles. The highest BCUT2D eigenvalue weighted by molar-refractivity contribution is 7.71. The molecular formula is C11H13N3OS. The predicted octanol–water partition coefficient (Wildman–Crippen LogP) is 2.11. The third-order valence-corrected chi connectivity index (χ3v) is 2.62. The normalized spacial score (nSPS) is 11.2. The van der Waals surface area contributed by atoms with Crippen LogP contribution < -0.4 is 5.56 Å². The van der Waals surface area contributed by atoms with Gasteiger partial charge in [-0.15, -0.1) is 0 Å². The minimum absolute atomic E-state index is 0.0689. The number of nitrogens with zero attached hydrogens (tertiary/aromatic N) is 2. The van der Waals surface area contributed by atoms with Crippen molar-refractivity contribution in [1.29, 1.82) is 0 Å². The van der Waals surface area contributed by atoms with Crippen molar-refractivity contribution in [2.24, 2.45) is 5.92 Å². The number of hydrogen-bond donors (Lipinski definition) is 1. The van der Waals surface area contributed by atoms with Crippen LogP contribution in [0.25, 0.3) is 11.0 Å². The van der Waals surface area contributed by atoms with Crippen LogP contribution in [-0.4, -0.2) is 14.5 Å². The Hall–Kier alpha value is -1.49. The van der Waals surface area contributed by atoms with Crippen LogP contribution >= 0.6 is 12.2 Å². The minimum atomic E-state index is -0.0689. The van der Waals surface area contributed by atoms with E-state index in [4.69, 9.17) is 12.2 Å². The molecule has 0 aliphatic heterocycles. The van der Waals surface area contributed by atoms with Crippen LogP contribution in [0.3, 0.4) is 0 Å². The minimum Gasteiger partial charge on any atom is -0.316 e. The fourth-order valence-electron chi connectivity index (χ4n) is 1.61. The highest BCUT2D eigenvalue weighted by atomic mass is 32.1. The highest BCUT2D eigenvalue weighted by Gasteiger charge is 2.06. The summed E-state index contributed by atoms with van der Waals surface area (Å²) in [5.41, 5.74) is 0.484. The van der Waals surface area contributed by atoms with E-state index in [1.54, 1.807) is 22.9 Å². The Balaban J connectivity index is 2.76. The molecule has 1 N–H and O–H groups in total. The zero-order valence-electron chi connectivity index (χ0n) is 9.23. The number of fused-ring (bicyclic) bond motifs is 1. The van der Waals surface area contributed by atoms with E-state index in [0.717, 1.165) is 0 Å². The summed E-state index contributed by atoms with van der Waals surface area (Å²) in [5, 5.41) is 0.580. The Morgan fingerprint density at radius 1 is 1.56 bits per heavy atom. The molecule has 0 aliphatic carbocycles. The molecule has 0 saturated carbocycles. The highest BCUT2D eigenvalue weighted by Crippen LogP contribution is 2.04. The number of aromatic amines is 1. The van der Waals surface area contributed by atoms with Gasteiger partial charge in [0.2, 0.25) is 0 Å². The van der Waals surface area contributed by atoms with Gasteiger partial charge in [-0.25, -0.2) is 4.98 Å². The molecule has 0 radical (unpaired) electrons. The first-order valence-electron chi connectivity index (χ1n) is 5.17. The number of hydrogen-bond acceptors (Lipinski definition) is 3. The topological polar surface area (TPSA) is 50.7 Å². The van der Waals surface area contributed by atoms with Crippen LogP contribution in [0, 0.1) is 10.7 Å². The molecule has 5 heteroatoms. The van der Waals surface area contributed by atoms with Crippen LogP contribution in [0.1, 0.15) is 13.8 Å². The van der Waals surface area contributed by atoms with E-state index in [1.165, 1.54) is 0 Å². The second kappa shape index (κ2) is 4.17. The van der Waals surface area contributed by atoms with Crippen molar-refractivity contribution in [2.75, 3.05) is 0 Å². The van der Waals surface area contributed by atoms with Gasteiger partial charge in [-0.3, -0.25) is 9.36 Å². The van der Waals surface area contributed by atoms with Crippen LogP contribution in [0.4, 0.5) is 0 Å². The first-order chi connectivity index (χ1) is 7.59. The average Bonchev–Trinajstić information content (AvgIpc) is 2.24. The number of H-pyrrole nitrogens is 1. The Labute approximate surface area is 98.0 Å². The quantitative estimate of drug-likeness (QED) is 0.811. The first kappa shape index (κ1) is 11.0. The van der Waals surface area contributed by atoms with Crippen molar-refractivity contribution in [3.63, 3.8) is 0 Å². The van der Waals surface area contributed by atoms with E-state index in [1.807, 2.05) is 0 Å². The maximum atomic E-state index is 12.1. The maximum Gasteiger partial charge on any atom is 0.263 e. The summed E-state index contributed by atoms with van der Waals surface area (Å²) >= 11 is 5.15. The monoisotopic (exact) mass is 235 g/mol. The van der Waals surface area contributed by atoms with Gasteiger partial charge >= 0.3 is 0 Å². The zero-order valence-corrected chi connectivity index (χ0v) is 10.0. The standard InChI is InChI=1S/C11H13N3OS/c1-7(2)6-14-10(15)8-4-3-5-12-9(8)13-11(14)16/h3-5,7H,6H2,1-2H3,(H,12,13,16). The van der Waals surface area contributed by atoms with Gasteiger partial charge in [0.25, 0.3) is 5.56 Å². The number of nitrogens with one attached hydrogen (secondary N) is 1. The molecule has 2 aromatic heterocycles. The predicted molar refractivity (Wildman–Crippen MR) is 66.0 cm³/mol.